The minimum Gasteiger partial charge on any atom is -0.461 e. The number of aliphatic hydroxyl groups is 1. The lowest BCUT2D eigenvalue weighted by atomic mass is 10.2. The Bertz CT molecular complexity index is 608. The molecule has 2 unspecified atom stereocenters. The second-order valence-corrected chi connectivity index (χ2v) is 7.67. The minimum absolute atomic E-state index is 0.0676. The Morgan fingerprint density at radius 2 is 1.86 bits per heavy atom. The van der Waals surface area contributed by atoms with E-state index >= 15 is 0 Å². The normalized spacial score (nSPS) is 23.1. The quantitative estimate of drug-likeness (QED) is 0.706. The number of halogens is 1. The van der Waals surface area contributed by atoms with E-state index in [4.69, 9.17) is 14.2 Å². The van der Waals surface area contributed by atoms with E-state index in [1.807, 2.05) is 6.92 Å². The Labute approximate surface area is 165 Å². The van der Waals surface area contributed by atoms with Crippen molar-refractivity contribution in [2.75, 3.05) is 13.2 Å². The fourth-order valence-corrected chi connectivity index (χ4v) is 2.25. The van der Waals surface area contributed by atoms with E-state index in [0.717, 1.165) is 5.56 Å². The molecule has 0 saturated carbocycles. The van der Waals surface area contributed by atoms with Crippen molar-refractivity contribution in [3.63, 3.8) is 0 Å². The van der Waals surface area contributed by atoms with Crippen LogP contribution in [0.1, 0.15) is 39.7 Å². The van der Waals surface area contributed by atoms with Crippen LogP contribution in [0.4, 0.5) is 9.18 Å². The van der Waals surface area contributed by atoms with Gasteiger partial charge in [0.1, 0.15) is 17.5 Å². The van der Waals surface area contributed by atoms with Crippen LogP contribution in [0.25, 0.3) is 0 Å². The van der Waals surface area contributed by atoms with Crippen molar-refractivity contribution >= 4 is 12.1 Å². The van der Waals surface area contributed by atoms with Gasteiger partial charge in [-0.2, -0.15) is 0 Å². The number of rotatable bonds is 1. The fourth-order valence-electron chi connectivity index (χ4n) is 2.25. The van der Waals surface area contributed by atoms with Gasteiger partial charge in [0.25, 0.3) is 0 Å². The Kier molecular flexibility index (Phi) is 9.34. The van der Waals surface area contributed by atoms with Gasteiger partial charge < -0.3 is 24.6 Å². The summed E-state index contributed by atoms with van der Waals surface area (Å²) in [7, 11) is 0. The van der Waals surface area contributed by atoms with Crippen LogP contribution in [0.3, 0.4) is 0 Å². The van der Waals surface area contributed by atoms with E-state index in [-0.39, 0.29) is 19.0 Å². The van der Waals surface area contributed by atoms with Crippen LogP contribution in [0.15, 0.2) is 24.3 Å². The second-order valence-electron chi connectivity index (χ2n) is 7.67. The number of aryl methyl sites for hydroxylation is 1. The zero-order valence-electron chi connectivity index (χ0n) is 17.0. The van der Waals surface area contributed by atoms with Crippen LogP contribution in [0.5, 0.6) is 0 Å². The van der Waals surface area contributed by atoms with Crippen LogP contribution in [-0.4, -0.2) is 54.2 Å². The van der Waals surface area contributed by atoms with Crippen LogP contribution < -0.4 is 5.32 Å². The van der Waals surface area contributed by atoms with Crippen molar-refractivity contribution in [3.8, 4) is 0 Å². The molecule has 0 bridgehead atoms. The molecule has 2 N–H and O–H groups in total. The summed E-state index contributed by atoms with van der Waals surface area (Å²) in [6, 6.07) is 5.45. The molecule has 7 nitrogen and oxygen atoms in total. The third-order valence-corrected chi connectivity index (χ3v) is 3.50. The number of benzene rings is 1. The first kappa shape index (κ1) is 23.8. The minimum atomic E-state index is -0.947. The summed E-state index contributed by atoms with van der Waals surface area (Å²) in [5, 5.41) is 12.0. The smallest absolute Gasteiger partial charge is 0.408 e. The lowest BCUT2D eigenvalue weighted by Crippen LogP contribution is -2.47. The highest BCUT2D eigenvalue weighted by Crippen LogP contribution is 2.10. The molecule has 1 aromatic rings. The number of hydrogen-bond donors (Lipinski definition) is 2. The monoisotopic (exact) mass is 399 g/mol. The van der Waals surface area contributed by atoms with Crippen LogP contribution >= 0.6 is 0 Å². The van der Waals surface area contributed by atoms with Gasteiger partial charge in [0, 0.05) is 6.42 Å². The number of hydrogen-bond acceptors (Lipinski definition) is 6. The number of ether oxygens (including phenoxy) is 3. The molecule has 1 heterocycles. The zero-order valence-corrected chi connectivity index (χ0v) is 17.0. The summed E-state index contributed by atoms with van der Waals surface area (Å²) in [4.78, 5) is 23.5. The molecule has 1 aliphatic heterocycles. The number of carbonyl (C=O) groups excluding carboxylic acids is 2. The molecule has 8 heteroatoms. The average molecular weight is 399 g/mol. The van der Waals surface area contributed by atoms with Crippen molar-refractivity contribution in [3.05, 3.63) is 35.6 Å². The summed E-state index contributed by atoms with van der Waals surface area (Å²) >= 11 is 0. The van der Waals surface area contributed by atoms with Gasteiger partial charge in [0.2, 0.25) is 0 Å². The van der Waals surface area contributed by atoms with Gasteiger partial charge in [-0.1, -0.05) is 17.7 Å². The van der Waals surface area contributed by atoms with Crippen molar-refractivity contribution in [2.45, 2.75) is 64.9 Å². The molecule has 28 heavy (non-hydrogen) atoms. The van der Waals surface area contributed by atoms with Gasteiger partial charge in [0.05, 0.1) is 19.3 Å². The standard InChI is InChI=1S/C13H23NO6.C7H7F/c1-8-5-9(15)6-18-7-10(11(16)19-8)14-12(17)20-13(2,3)4;1-6-2-4-7(8)5-3-6/h8-10,15H,5-7H2,1-4H3,(H,14,17);2-5H,1H3/t8?,9?,10-;/m0./s1. The highest BCUT2D eigenvalue weighted by Gasteiger charge is 2.29. The Balaban J connectivity index is 0.000000406. The van der Waals surface area contributed by atoms with E-state index in [2.05, 4.69) is 5.32 Å². The summed E-state index contributed by atoms with van der Waals surface area (Å²) < 4.78 is 27.5. The molecule has 2 rings (SSSR count). The van der Waals surface area contributed by atoms with Crippen LogP contribution in [0.2, 0.25) is 0 Å². The van der Waals surface area contributed by atoms with Crippen LogP contribution in [-0.2, 0) is 19.0 Å². The lowest BCUT2D eigenvalue weighted by Gasteiger charge is -2.23. The predicted octanol–water partition coefficient (Wildman–Crippen LogP) is 2.73. The SMILES string of the molecule is CC1CC(O)COC[C@H](NC(=O)OC(C)(C)C)C(=O)O1.Cc1ccc(F)cc1. The molecular formula is C20H30FNO6. The molecular weight excluding hydrogens is 369 g/mol. The third-order valence-electron chi connectivity index (χ3n) is 3.50. The predicted molar refractivity (Wildman–Crippen MR) is 101 cm³/mol. The highest BCUT2D eigenvalue weighted by molar-refractivity contribution is 5.81. The van der Waals surface area contributed by atoms with Gasteiger partial charge in [0.15, 0.2) is 6.04 Å². The largest absolute Gasteiger partial charge is 0.461 e. The Morgan fingerprint density at radius 3 is 2.39 bits per heavy atom. The first-order chi connectivity index (χ1) is 13.0. The Morgan fingerprint density at radius 1 is 1.25 bits per heavy atom. The van der Waals surface area contributed by atoms with Gasteiger partial charge in [-0.25, -0.2) is 14.0 Å². The van der Waals surface area contributed by atoms with E-state index < -0.39 is 35.9 Å². The molecule has 0 spiro atoms. The maximum atomic E-state index is 12.1. The number of nitrogens with one attached hydrogen (secondary N) is 1. The average Bonchev–Trinajstić information content (AvgIpc) is 2.60. The number of carbonyl (C=O) groups is 2. The van der Waals surface area contributed by atoms with Crippen molar-refractivity contribution in [1.82, 2.24) is 5.32 Å². The number of esters is 1. The second kappa shape index (κ2) is 11.0. The Hall–Kier alpha value is -2.19. The molecule has 0 aliphatic carbocycles. The van der Waals surface area contributed by atoms with Gasteiger partial charge in [-0.05, 0) is 46.8 Å². The van der Waals surface area contributed by atoms with E-state index in [1.165, 1.54) is 12.1 Å². The fraction of sp³-hybridized carbons (Fsp3) is 0.600. The summed E-state index contributed by atoms with van der Waals surface area (Å²) in [6.07, 6.45) is -1.55. The molecule has 1 saturated heterocycles. The van der Waals surface area contributed by atoms with Crippen molar-refractivity contribution in [2.24, 2.45) is 0 Å². The molecule has 1 amide bonds. The molecule has 3 atom stereocenters. The van der Waals surface area contributed by atoms with E-state index in [0.29, 0.717) is 6.42 Å². The summed E-state index contributed by atoms with van der Waals surface area (Å²) in [6.45, 7) is 8.81. The first-order valence-corrected chi connectivity index (χ1v) is 9.14. The number of aliphatic hydroxyl groups excluding tert-OH is 1. The molecule has 158 valence electrons. The summed E-state index contributed by atoms with van der Waals surface area (Å²) in [5.74, 6) is -0.770. The van der Waals surface area contributed by atoms with Gasteiger partial charge >= 0.3 is 12.1 Å². The maximum absolute atomic E-state index is 12.1. The first-order valence-electron chi connectivity index (χ1n) is 9.14. The van der Waals surface area contributed by atoms with E-state index in [1.54, 1.807) is 39.8 Å². The third kappa shape index (κ3) is 10.2. The van der Waals surface area contributed by atoms with Crippen molar-refractivity contribution < 1.29 is 33.3 Å². The number of cyclic esters (lactones) is 1. The van der Waals surface area contributed by atoms with Crippen LogP contribution in [0, 0.1) is 12.7 Å². The topological polar surface area (TPSA) is 94.1 Å². The molecule has 1 aliphatic rings. The molecule has 0 aromatic heterocycles. The lowest BCUT2D eigenvalue weighted by molar-refractivity contribution is -0.151. The highest BCUT2D eigenvalue weighted by atomic mass is 19.1. The molecule has 1 aromatic carbocycles. The van der Waals surface area contributed by atoms with E-state index in [9.17, 15) is 19.1 Å². The maximum Gasteiger partial charge on any atom is 0.408 e. The van der Waals surface area contributed by atoms with Gasteiger partial charge in [-0.15, -0.1) is 0 Å². The van der Waals surface area contributed by atoms with Gasteiger partial charge in [-0.3, -0.25) is 0 Å². The number of amides is 1. The molecule has 1 fully saturated rings. The zero-order chi connectivity index (χ0) is 21.3. The molecule has 0 radical (unpaired) electrons. The van der Waals surface area contributed by atoms with Crippen molar-refractivity contribution in [1.29, 1.82) is 0 Å². The number of alkyl carbamates (subject to hydrolysis) is 1. The summed E-state index contributed by atoms with van der Waals surface area (Å²) in [5.41, 5.74) is 0.433.